The maximum absolute atomic E-state index is 4.88. The van der Waals surface area contributed by atoms with Crippen molar-refractivity contribution in [1.29, 1.82) is 0 Å². The lowest BCUT2D eigenvalue weighted by molar-refractivity contribution is 0.593. The molecule has 0 N–H and O–H groups in total. The molecular formula is C25H23N. The first-order valence-electron chi connectivity index (χ1n) is 9.08. The Labute approximate surface area is 155 Å². The van der Waals surface area contributed by atoms with Crippen LogP contribution in [0.25, 0.3) is 33.2 Å². The molecular weight excluding hydrogens is 314 g/mol. The van der Waals surface area contributed by atoms with Gasteiger partial charge in [-0.25, -0.2) is 0 Å². The van der Waals surface area contributed by atoms with Crippen LogP contribution in [-0.2, 0) is 5.41 Å². The molecule has 0 aliphatic heterocycles. The summed E-state index contributed by atoms with van der Waals surface area (Å²) in [5.41, 5.74) is 6.00. The number of fused-ring (bicyclic) bond motifs is 1. The van der Waals surface area contributed by atoms with Gasteiger partial charge in [0.25, 0.3) is 0 Å². The highest BCUT2D eigenvalue weighted by atomic mass is 14.7. The Morgan fingerprint density at radius 3 is 1.96 bits per heavy atom. The summed E-state index contributed by atoms with van der Waals surface area (Å²) in [5, 5.41) is 2.50. The molecule has 0 amide bonds. The molecule has 0 fully saturated rings. The van der Waals surface area contributed by atoms with Gasteiger partial charge in [0.1, 0.15) is 0 Å². The molecule has 3 aromatic carbocycles. The molecule has 1 nitrogen and oxygen atoms in total. The van der Waals surface area contributed by atoms with E-state index in [9.17, 15) is 0 Å². The van der Waals surface area contributed by atoms with Gasteiger partial charge < -0.3 is 0 Å². The van der Waals surface area contributed by atoms with Crippen molar-refractivity contribution in [1.82, 2.24) is 4.98 Å². The van der Waals surface area contributed by atoms with Gasteiger partial charge in [0.15, 0.2) is 0 Å². The molecule has 0 atom stereocenters. The van der Waals surface area contributed by atoms with Gasteiger partial charge in [-0.15, -0.1) is 0 Å². The van der Waals surface area contributed by atoms with Gasteiger partial charge in [-0.2, -0.15) is 0 Å². The Bertz CT molecular complexity index is 1060. The Kier molecular flexibility index (Phi) is 4.08. The molecule has 4 aromatic rings. The zero-order valence-corrected chi connectivity index (χ0v) is 15.5. The Balaban J connectivity index is 1.91. The van der Waals surface area contributed by atoms with Crippen molar-refractivity contribution in [3.8, 4) is 22.4 Å². The second kappa shape index (κ2) is 6.42. The summed E-state index contributed by atoms with van der Waals surface area (Å²) in [6.07, 6.45) is 2.05. The highest BCUT2D eigenvalue weighted by Crippen LogP contribution is 2.35. The van der Waals surface area contributed by atoms with Crippen LogP contribution in [0.1, 0.15) is 26.3 Å². The summed E-state index contributed by atoms with van der Waals surface area (Å²) in [4.78, 5) is 4.88. The van der Waals surface area contributed by atoms with E-state index in [1.807, 2.05) is 12.3 Å². The van der Waals surface area contributed by atoms with Crippen LogP contribution in [-0.4, -0.2) is 4.98 Å². The van der Waals surface area contributed by atoms with E-state index in [0.29, 0.717) is 0 Å². The summed E-state index contributed by atoms with van der Waals surface area (Å²) >= 11 is 0. The molecule has 0 saturated heterocycles. The largest absolute Gasteiger partial charge is 0.255 e. The van der Waals surface area contributed by atoms with Crippen molar-refractivity contribution >= 4 is 10.8 Å². The minimum atomic E-state index is 0.0665. The maximum Gasteiger partial charge on any atom is 0.0780 e. The first-order chi connectivity index (χ1) is 12.5. The monoisotopic (exact) mass is 337 g/mol. The minimum Gasteiger partial charge on any atom is -0.255 e. The molecule has 0 spiro atoms. The Morgan fingerprint density at radius 2 is 1.23 bits per heavy atom. The zero-order valence-electron chi connectivity index (χ0n) is 15.5. The quantitative estimate of drug-likeness (QED) is 0.389. The van der Waals surface area contributed by atoms with Crippen molar-refractivity contribution in [2.24, 2.45) is 0 Å². The summed E-state index contributed by atoms with van der Waals surface area (Å²) in [6, 6.07) is 27.8. The summed E-state index contributed by atoms with van der Waals surface area (Å²) in [6.45, 7) is 6.73. The minimum absolute atomic E-state index is 0.0665. The van der Waals surface area contributed by atoms with Gasteiger partial charge in [-0.3, -0.25) is 4.98 Å². The smallest absolute Gasteiger partial charge is 0.0780 e. The Hall–Kier alpha value is -2.93. The molecule has 0 saturated carbocycles. The third kappa shape index (κ3) is 3.01. The second-order valence-electron chi connectivity index (χ2n) is 7.76. The fourth-order valence-corrected chi connectivity index (χ4v) is 3.50. The molecule has 128 valence electrons. The van der Waals surface area contributed by atoms with Crippen LogP contribution in [0.15, 0.2) is 85.1 Å². The fraction of sp³-hybridized carbons (Fsp3) is 0.160. The van der Waals surface area contributed by atoms with Crippen molar-refractivity contribution in [3.63, 3.8) is 0 Å². The van der Waals surface area contributed by atoms with E-state index < -0.39 is 0 Å². The number of benzene rings is 3. The number of aromatic nitrogens is 1. The Morgan fingerprint density at radius 1 is 0.615 bits per heavy atom. The van der Waals surface area contributed by atoms with Gasteiger partial charge in [0.2, 0.25) is 0 Å². The van der Waals surface area contributed by atoms with Gasteiger partial charge in [0.05, 0.1) is 5.69 Å². The van der Waals surface area contributed by atoms with E-state index in [4.69, 9.17) is 4.98 Å². The molecule has 0 aliphatic rings. The predicted molar refractivity (Wildman–Crippen MR) is 111 cm³/mol. The van der Waals surface area contributed by atoms with Crippen LogP contribution in [0.3, 0.4) is 0 Å². The van der Waals surface area contributed by atoms with Crippen molar-refractivity contribution < 1.29 is 0 Å². The highest BCUT2D eigenvalue weighted by Gasteiger charge is 2.19. The van der Waals surface area contributed by atoms with E-state index in [0.717, 1.165) is 11.3 Å². The lowest BCUT2D eigenvalue weighted by atomic mass is 9.84. The topological polar surface area (TPSA) is 12.9 Å². The number of hydrogen-bond donors (Lipinski definition) is 0. The van der Waals surface area contributed by atoms with Crippen LogP contribution >= 0.6 is 0 Å². The molecule has 26 heavy (non-hydrogen) atoms. The van der Waals surface area contributed by atoms with Crippen LogP contribution in [0.4, 0.5) is 0 Å². The molecule has 0 radical (unpaired) electrons. The number of hydrogen-bond acceptors (Lipinski definition) is 1. The first-order valence-corrected chi connectivity index (χ1v) is 9.08. The van der Waals surface area contributed by atoms with Crippen molar-refractivity contribution in [2.75, 3.05) is 0 Å². The molecule has 1 aromatic heterocycles. The number of rotatable bonds is 2. The SMILES string of the molecule is CC(C)(C)c1cnc(-c2cccc(-c3ccccc3)c2)c2ccccc12. The standard InChI is InChI=1S/C25H23N/c1-25(2,3)23-17-26-24(22-15-8-7-14-21(22)23)20-13-9-12-19(16-20)18-10-5-4-6-11-18/h4-17H,1-3H3. The zero-order chi connectivity index (χ0) is 18.1. The van der Waals surface area contributed by atoms with Crippen molar-refractivity contribution in [3.05, 3.63) is 90.6 Å². The van der Waals surface area contributed by atoms with Gasteiger partial charge in [0, 0.05) is 17.1 Å². The third-order valence-corrected chi connectivity index (χ3v) is 4.85. The maximum atomic E-state index is 4.88. The second-order valence-corrected chi connectivity index (χ2v) is 7.76. The van der Waals surface area contributed by atoms with E-state index in [2.05, 4.69) is 93.6 Å². The molecule has 1 heteroatoms. The van der Waals surface area contributed by atoms with Crippen LogP contribution in [0.5, 0.6) is 0 Å². The molecule has 4 rings (SSSR count). The normalized spacial score (nSPS) is 11.7. The fourth-order valence-electron chi connectivity index (χ4n) is 3.50. The highest BCUT2D eigenvalue weighted by molar-refractivity contribution is 5.97. The number of nitrogens with zero attached hydrogens (tertiary/aromatic N) is 1. The van der Waals surface area contributed by atoms with Crippen LogP contribution in [0, 0.1) is 0 Å². The first kappa shape index (κ1) is 16.5. The average molecular weight is 337 g/mol. The lowest BCUT2D eigenvalue weighted by Crippen LogP contribution is -2.12. The van der Waals surface area contributed by atoms with Gasteiger partial charge in [-0.1, -0.05) is 93.6 Å². The third-order valence-electron chi connectivity index (χ3n) is 4.85. The molecule has 0 unspecified atom stereocenters. The number of pyridine rings is 1. The van der Waals surface area contributed by atoms with E-state index in [1.54, 1.807) is 0 Å². The summed E-state index contributed by atoms with van der Waals surface area (Å²) in [5.74, 6) is 0. The molecule has 0 aliphatic carbocycles. The summed E-state index contributed by atoms with van der Waals surface area (Å²) < 4.78 is 0. The average Bonchev–Trinajstić information content (AvgIpc) is 2.67. The molecule has 0 bridgehead atoms. The van der Waals surface area contributed by atoms with E-state index in [1.165, 1.54) is 27.5 Å². The predicted octanol–water partition coefficient (Wildman–Crippen LogP) is 6.87. The van der Waals surface area contributed by atoms with Gasteiger partial charge in [-0.05, 0) is 33.6 Å². The van der Waals surface area contributed by atoms with Gasteiger partial charge >= 0.3 is 0 Å². The van der Waals surface area contributed by atoms with Crippen LogP contribution in [0.2, 0.25) is 0 Å². The van der Waals surface area contributed by atoms with E-state index in [-0.39, 0.29) is 5.41 Å². The lowest BCUT2D eigenvalue weighted by Gasteiger charge is -2.22. The van der Waals surface area contributed by atoms with Crippen molar-refractivity contribution in [2.45, 2.75) is 26.2 Å². The van der Waals surface area contributed by atoms with E-state index >= 15 is 0 Å². The summed E-state index contributed by atoms with van der Waals surface area (Å²) in [7, 11) is 0. The molecule has 1 heterocycles. The van der Waals surface area contributed by atoms with Crippen LogP contribution < -0.4 is 0 Å².